The third kappa shape index (κ3) is 3.47. The quantitative estimate of drug-likeness (QED) is 0.361. The monoisotopic (exact) mass is 258 g/mol. The minimum absolute atomic E-state index is 0.0420. The van der Waals surface area contributed by atoms with Crippen LogP contribution in [-0.4, -0.2) is 18.4 Å². The Kier molecular flexibility index (Phi) is 4.71. The van der Waals surface area contributed by atoms with Crippen LogP contribution in [0.4, 0.5) is 0 Å². The summed E-state index contributed by atoms with van der Waals surface area (Å²) in [5, 5.41) is 0. The molecule has 0 aliphatic rings. The summed E-state index contributed by atoms with van der Waals surface area (Å²) in [6, 6.07) is 3.45. The van der Waals surface area contributed by atoms with Crippen molar-refractivity contribution in [1.82, 2.24) is 0 Å². The Bertz CT molecular complexity index is 434. The van der Waals surface area contributed by atoms with Crippen molar-refractivity contribution >= 4 is 40.8 Å². The predicted octanol–water partition coefficient (Wildman–Crippen LogP) is 2.94. The van der Waals surface area contributed by atoms with Gasteiger partial charge in [-0.05, 0) is 32.1 Å². The lowest BCUT2D eigenvalue weighted by atomic mass is 10.1. The molecule has 0 aliphatic carbocycles. The summed E-state index contributed by atoms with van der Waals surface area (Å²) < 4.78 is 5.40. The number of ketones is 1. The number of halogens is 1. The van der Waals surface area contributed by atoms with Gasteiger partial charge in [0.05, 0.1) is 10.9 Å². The van der Waals surface area contributed by atoms with Crippen LogP contribution in [0.1, 0.15) is 18.7 Å². The Morgan fingerprint density at radius 1 is 1.50 bits per heavy atom. The SMILES string of the molecule is CCOC(=O)/C(=C/c1ccc(Cl)s1)C(C)=O. The summed E-state index contributed by atoms with van der Waals surface area (Å²) >= 11 is 7.05. The smallest absolute Gasteiger partial charge is 0.341 e. The first kappa shape index (κ1) is 12.9. The van der Waals surface area contributed by atoms with E-state index in [2.05, 4.69) is 0 Å². The van der Waals surface area contributed by atoms with Crippen molar-refractivity contribution < 1.29 is 14.3 Å². The van der Waals surface area contributed by atoms with Gasteiger partial charge in [-0.3, -0.25) is 4.79 Å². The first-order valence-corrected chi connectivity index (χ1v) is 5.89. The summed E-state index contributed by atoms with van der Waals surface area (Å²) in [6.45, 7) is 3.27. The van der Waals surface area contributed by atoms with Crippen molar-refractivity contribution in [2.75, 3.05) is 6.61 Å². The first-order chi connectivity index (χ1) is 7.54. The van der Waals surface area contributed by atoms with Gasteiger partial charge in [0.25, 0.3) is 0 Å². The highest BCUT2D eigenvalue weighted by Gasteiger charge is 2.15. The maximum atomic E-state index is 11.5. The van der Waals surface area contributed by atoms with E-state index in [0.29, 0.717) is 4.34 Å². The molecule has 0 amide bonds. The van der Waals surface area contributed by atoms with Crippen molar-refractivity contribution in [1.29, 1.82) is 0 Å². The molecule has 0 spiro atoms. The van der Waals surface area contributed by atoms with Crippen LogP contribution in [0.2, 0.25) is 4.34 Å². The van der Waals surface area contributed by atoms with Crippen LogP contribution in [0, 0.1) is 0 Å². The van der Waals surface area contributed by atoms with Gasteiger partial charge in [-0.1, -0.05) is 11.6 Å². The maximum Gasteiger partial charge on any atom is 0.341 e. The zero-order chi connectivity index (χ0) is 12.1. The molecule has 0 aliphatic heterocycles. The van der Waals surface area contributed by atoms with E-state index in [1.54, 1.807) is 19.1 Å². The van der Waals surface area contributed by atoms with E-state index in [1.165, 1.54) is 24.3 Å². The van der Waals surface area contributed by atoms with Gasteiger partial charge in [-0.2, -0.15) is 0 Å². The van der Waals surface area contributed by atoms with Crippen LogP contribution in [0.25, 0.3) is 6.08 Å². The Hall–Kier alpha value is -1.13. The summed E-state index contributed by atoms with van der Waals surface area (Å²) in [4.78, 5) is 23.5. The lowest BCUT2D eigenvalue weighted by molar-refractivity contribution is -0.139. The number of esters is 1. The fourth-order valence-electron chi connectivity index (χ4n) is 1.06. The van der Waals surface area contributed by atoms with E-state index in [0.717, 1.165) is 4.88 Å². The molecule has 86 valence electrons. The number of hydrogen-bond donors (Lipinski definition) is 0. The molecule has 0 atom stereocenters. The molecule has 16 heavy (non-hydrogen) atoms. The molecule has 0 bridgehead atoms. The van der Waals surface area contributed by atoms with E-state index in [9.17, 15) is 9.59 Å². The van der Waals surface area contributed by atoms with Gasteiger partial charge in [-0.25, -0.2) is 4.79 Å². The Morgan fingerprint density at radius 2 is 2.19 bits per heavy atom. The molecule has 0 saturated carbocycles. The van der Waals surface area contributed by atoms with Crippen molar-refractivity contribution in [3.05, 3.63) is 26.9 Å². The van der Waals surface area contributed by atoms with Crippen LogP contribution < -0.4 is 0 Å². The number of thiophene rings is 1. The topological polar surface area (TPSA) is 43.4 Å². The Labute approximate surface area is 103 Å². The maximum absolute atomic E-state index is 11.5. The minimum Gasteiger partial charge on any atom is -0.462 e. The lowest BCUT2D eigenvalue weighted by Crippen LogP contribution is -2.13. The molecule has 5 heteroatoms. The van der Waals surface area contributed by atoms with Crippen LogP contribution >= 0.6 is 22.9 Å². The molecule has 1 heterocycles. The van der Waals surface area contributed by atoms with Crippen LogP contribution in [-0.2, 0) is 14.3 Å². The Balaban J connectivity index is 2.98. The fourth-order valence-corrected chi connectivity index (χ4v) is 2.07. The largest absolute Gasteiger partial charge is 0.462 e. The third-order valence-electron chi connectivity index (χ3n) is 1.76. The number of Topliss-reactive ketones (excluding diaryl/α,β-unsaturated/α-hetero) is 1. The normalized spacial score (nSPS) is 11.3. The number of hydrogen-bond acceptors (Lipinski definition) is 4. The van der Waals surface area contributed by atoms with Gasteiger partial charge >= 0.3 is 5.97 Å². The van der Waals surface area contributed by atoms with Gasteiger partial charge in [0.15, 0.2) is 5.78 Å². The van der Waals surface area contributed by atoms with Gasteiger partial charge in [0.1, 0.15) is 5.57 Å². The van der Waals surface area contributed by atoms with Gasteiger partial charge in [0, 0.05) is 4.88 Å². The van der Waals surface area contributed by atoms with E-state index in [-0.39, 0.29) is 18.0 Å². The molecule has 0 aromatic carbocycles. The van der Waals surface area contributed by atoms with Crippen molar-refractivity contribution in [2.24, 2.45) is 0 Å². The van der Waals surface area contributed by atoms with Gasteiger partial charge in [0.2, 0.25) is 0 Å². The number of rotatable bonds is 4. The molecule has 0 unspecified atom stereocenters. The second-order valence-corrected chi connectivity index (χ2v) is 4.72. The highest BCUT2D eigenvalue weighted by Crippen LogP contribution is 2.23. The standard InChI is InChI=1S/C11H11ClO3S/c1-3-15-11(14)9(7(2)13)6-8-4-5-10(12)16-8/h4-6H,3H2,1-2H3/b9-6+. The average molecular weight is 259 g/mol. The summed E-state index contributed by atoms with van der Waals surface area (Å²) in [7, 11) is 0. The fraction of sp³-hybridized carbons (Fsp3) is 0.273. The van der Waals surface area contributed by atoms with E-state index >= 15 is 0 Å². The van der Waals surface area contributed by atoms with Gasteiger partial charge in [-0.15, -0.1) is 11.3 Å². The molecule has 0 fully saturated rings. The first-order valence-electron chi connectivity index (χ1n) is 4.69. The molecule has 0 saturated heterocycles. The third-order valence-corrected chi connectivity index (χ3v) is 2.93. The number of ether oxygens (including phenoxy) is 1. The average Bonchev–Trinajstić information content (AvgIpc) is 2.60. The van der Waals surface area contributed by atoms with E-state index in [4.69, 9.17) is 16.3 Å². The molecular formula is C11H11ClO3S. The van der Waals surface area contributed by atoms with E-state index < -0.39 is 5.97 Å². The highest BCUT2D eigenvalue weighted by atomic mass is 35.5. The second kappa shape index (κ2) is 5.82. The molecule has 1 rings (SSSR count). The van der Waals surface area contributed by atoms with E-state index in [1.807, 2.05) is 0 Å². The zero-order valence-electron chi connectivity index (χ0n) is 8.95. The lowest BCUT2D eigenvalue weighted by Gasteiger charge is -2.02. The van der Waals surface area contributed by atoms with Crippen LogP contribution in [0.15, 0.2) is 17.7 Å². The van der Waals surface area contributed by atoms with Crippen LogP contribution in [0.5, 0.6) is 0 Å². The molecule has 3 nitrogen and oxygen atoms in total. The molecule has 0 N–H and O–H groups in total. The van der Waals surface area contributed by atoms with Gasteiger partial charge < -0.3 is 4.74 Å². The van der Waals surface area contributed by atoms with Crippen LogP contribution in [0.3, 0.4) is 0 Å². The summed E-state index contributed by atoms with van der Waals surface area (Å²) in [5.74, 6) is -0.914. The number of carbonyl (C=O) groups is 2. The van der Waals surface area contributed by atoms with Crippen molar-refractivity contribution in [3.63, 3.8) is 0 Å². The second-order valence-electron chi connectivity index (χ2n) is 2.98. The molecule has 0 radical (unpaired) electrons. The highest BCUT2D eigenvalue weighted by molar-refractivity contribution is 7.17. The molecule has 1 aromatic heterocycles. The minimum atomic E-state index is -0.598. The predicted molar refractivity (Wildman–Crippen MR) is 64.6 cm³/mol. The number of carbonyl (C=O) groups excluding carboxylic acids is 2. The molecular weight excluding hydrogens is 248 g/mol. The summed E-state index contributed by atoms with van der Waals surface area (Å²) in [6.07, 6.45) is 1.50. The van der Waals surface area contributed by atoms with Crippen molar-refractivity contribution in [3.8, 4) is 0 Å². The Morgan fingerprint density at radius 3 is 2.62 bits per heavy atom. The van der Waals surface area contributed by atoms with Crippen molar-refractivity contribution in [2.45, 2.75) is 13.8 Å². The zero-order valence-corrected chi connectivity index (χ0v) is 10.5. The summed E-state index contributed by atoms with van der Waals surface area (Å²) in [5.41, 5.74) is 0.0420. The molecule has 1 aromatic rings.